The van der Waals surface area contributed by atoms with Crippen LogP contribution in [0.4, 0.5) is 0 Å². The van der Waals surface area contributed by atoms with Gasteiger partial charge in [0.15, 0.2) is 0 Å². The fourth-order valence-electron chi connectivity index (χ4n) is 4.71. The molecule has 3 aliphatic heterocycles. The fraction of sp³-hybridized carbons (Fsp3) is 0.304. The zero-order valence-electron chi connectivity index (χ0n) is 15.3. The molecule has 4 heterocycles. The molecule has 3 aromatic rings. The number of hydrogen-bond donors (Lipinski definition) is 0. The van der Waals surface area contributed by atoms with Gasteiger partial charge in [0, 0.05) is 54.8 Å². The maximum atomic E-state index is 11.5. The minimum atomic E-state index is 0.361. The van der Waals surface area contributed by atoms with Crippen LogP contribution in [0.15, 0.2) is 77.4 Å². The van der Waals surface area contributed by atoms with E-state index in [2.05, 4.69) is 75.4 Å². The second-order valence-corrected chi connectivity index (χ2v) is 7.65. The molecule has 1 saturated heterocycles. The standard InChI is InChI=1S/C23H23N3O/c27-24-23-18-10-12-25(13-11-18)22(23)14-19-16-26(15-17-6-2-1-3-7-17)21-9-5-4-8-20(19)21/h1-9,16,18H,10-15H2. The van der Waals surface area contributed by atoms with E-state index in [-0.39, 0.29) is 0 Å². The largest absolute Gasteiger partial charge is 0.373 e. The summed E-state index contributed by atoms with van der Waals surface area (Å²) < 4.78 is 2.32. The number of allylic oxidation sites excluding steroid dienone is 2. The van der Waals surface area contributed by atoms with Gasteiger partial charge in [0.05, 0.1) is 0 Å². The Bertz CT molecular complexity index is 1010. The van der Waals surface area contributed by atoms with Crippen molar-refractivity contribution in [3.63, 3.8) is 0 Å². The van der Waals surface area contributed by atoms with Crippen LogP contribution in [0.5, 0.6) is 0 Å². The lowest BCUT2D eigenvalue weighted by molar-refractivity contribution is 0.201. The van der Waals surface area contributed by atoms with Crippen molar-refractivity contribution in [3.8, 4) is 0 Å². The molecule has 0 amide bonds. The van der Waals surface area contributed by atoms with E-state index in [0.29, 0.717) is 5.92 Å². The second kappa shape index (κ2) is 6.69. The van der Waals surface area contributed by atoms with Crippen molar-refractivity contribution in [1.29, 1.82) is 0 Å². The summed E-state index contributed by atoms with van der Waals surface area (Å²) in [5, 5.41) is 4.72. The SMILES string of the molecule is O=NC1=C(Cc2cn(Cc3ccccc3)c3ccccc23)N2CCC1CC2. The molecule has 0 spiro atoms. The molecule has 6 rings (SSSR count). The van der Waals surface area contributed by atoms with Gasteiger partial charge in [0.1, 0.15) is 5.70 Å². The number of fused-ring (bicyclic) bond motifs is 3. The molecule has 136 valence electrons. The third-order valence-electron chi connectivity index (χ3n) is 6.08. The second-order valence-electron chi connectivity index (χ2n) is 7.65. The summed E-state index contributed by atoms with van der Waals surface area (Å²) in [7, 11) is 0. The van der Waals surface area contributed by atoms with Crippen molar-refractivity contribution in [2.75, 3.05) is 13.1 Å². The fourth-order valence-corrected chi connectivity index (χ4v) is 4.71. The predicted octanol–water partition coefficient (Wildman–Crippen LogP) is 4.94. The van der Waals surface area contributed by atoms with Gasteiger partial charge in [-0.25, -0.2) is 0 Å². The Labute approximate surface area is 159 Å². The highest BCUT2D eigenvalue weighted by Crippen LogP contribution is 2.38. The molecule has 4 heteroatoms. The van der Waals surface area contributed by atoms with Crippen molar-refractivity contribution < 1.29 is 0 Å². The van der Waals surface area contributed by atoms with Crippen LogP contribution in [0.2, 0.25) is 0 Å². The van der Waals surface area contributed by atoms with Crippen LogP contribution in [0, 0.1) is 10.8 Å². The van der Waals surface area contributed by atoms with Crippen molar-refractivity contribution in [3.05, 3.63) is 88.2 Å². The van der Waals surface area contributed by atoms with E-state index < -0.39 is 0 Å². The smallest absolute Gasteiger partial charge is 0.107 e. The first-order chi connectivity index (χ1) is 13.3. The molecular formula is C23H23N3O. The van der Waals surface area contributed by atoms with Crippen LogP contribution in [0.1, 0.15) is 24.0 Å². The molecule has 2 bridgehead atoms. The lowest BCUT2D eigenvalue weighted by atomic mass is 9.85. The summed E-state index contributed by atoms with van der Waals surface area (Å²) >= 11 is 0. The van der Waals surface area contributed by atoms with Crippen LogP contribution >= 0.6 is 0 Å². The summed E-state index contributed by atoms with van der Waals surface area (Å²) in [6.45, 7) is 2.97. The summed E-state index contributed by atoms with van der Waals surface area (Å²) in [6.07, 6.45) is 5.19. The Balaban J connectivity index is 1.55. The lowest BCUT2D eigenvalue weighted by Crippen LogP contribution is -2.40. The molecule has 3 aliphatic rings. The first-order valence-electron chi connectivity index (χ1n) is 9.75. The number of nitrogens with zero attached hydrogens (tertiary/aromatic N) is 3. The summed E-state index contributed by atoms with van der Waals surface area (Å²) in [4.78, 5) is 13.9. The van der Waals surface area contributed by atoms with Crippen molar-refractivity contribution in [2.45, 2.75) is 25.8 Å². The molecule has 4 nitrogen and oxygen atoms in total. The molecule has 0 N–H and O–H groups in total. The van der Waals surface area contributed by atoms with E-state index in [1.807, 2.05) is 0 Å². The summed E-state index contributed by atoms with van der Waals surface area (Å²) in [6, 6.07) is 19.1. The van der Waals surface area contributed by atoms with E-state index in [0.717, 1.165) is 50.3 Å². The van der Waals surface area contributed by atoms with Gasteiger partial charge < -0.3 is 9.47 Å². The number of hydrogen-bond acceptors (Lipinski definition) is 3. The van der Waals surface area contributed by atoms with Crippen LogP contribution in [0.3, 0.4) is 0 Å². The van der Waals surface area contributed by atoms with Gasteiger partial charge >= 0.3 is 0 Å². The van der Waals surface area contributed by atoms with Gasteiger partial charge in [-0.15, -0.1) is 4.91 Å². The molecule has 0 saturated carbocycles. The average molecular weight is 357 g/mol. The Morgan fingerprint density at radius 1 is 0.963 bits per heavy atom. The topological polar surface area (TPSA) is 37.6 Å². The molecule has 27 heavy (non-hydrogen) atoms. The lowest BCUT2D eigenvalue weighted by Gasteiger charge is -2.41. The number of piperidine rings is 1. The summed E-state index contributed by atoms with van der Waals surface area (Å²) in [5.41, 5.74) is 5.76. The zero-order valence-corrected chi connectivity index (χ0v) is 15.3. The molecule has 0 atom stereocenters. The Morgan fingerprint density at radius 3 is 2.48 bits per heavy atom. The number of para-hydroxylation sites is 1. The Kier molecular flexibility index (Phi) is 4.04. The highest BCUT2D eigenvalue weighted by atomic mass is 16.3. The third-order valence-corrected chi connectivity index (χ3v) is 6.08. The zero-order chi connectivity index (χ0) is 18.2. The molecule has 1 aromatic heterocycles. The van der Waals surface area contributed by atoms with Gasteiger partial charge in [-0.2, -0.15) is 0 Å². The van der Waals surface area contributed by atoms with Crippen LogP contribution in [-0.2, 0) is 13.0 Å². The van der Waals surface area contributed by atoms with Gasteiger partial charge in [0.25, 0.3) is 0 Å². The van der Waals surface area contributed by atoms with E-state index in [4.69, 9.17) is 0 Å². The minimum Gasteiger partial charge on any atom is -0.373 e. The first-order valence-corrected chi connectivity index (χ1v) is 9.75. The van der Waals surface area contributed by atoms with Gasteiger partial charge in [-0.1, -0.05) is 48.5 Å². The first kappa shape index (κ1) is 16.3. The van der Waals surface area contributed by atoms with E-state index >= 15 is 0 Å². The molecular weight excluding hydrogens is 334 g/mol. The molecule has 0 unspecified atom stereocenters. The monoisotopic (exact) mass is 357 g/mol. The Morgan fingerprint density at radius 2 is 1.70 bits per heavy atom. The van der Waals surface area contributed by atoms with Crippen molar-refractivity contribution >= 4 is 10.9 Å². The maximum Gasteiger partial charge on any atom is 0.107 e. The highest BCUT2D eigenvalue weighted by molar-refractivity contribution is 5.84. The number of nitroso groups, excluding NO2 is 1. The van der Waals surface area contributed by atoms with Crippen LogP contribution in [0.25, 0.3) is 10.9 Å². The molecule has 2 aromatic carbocycles. The van der Waals surface area contributed by atoms with E-state index in [1.54, 1.807) is 0 Å². The van der Waals surface area contributed by atoms with Gasteiger partial charge in [-0.3, -0.25) is 0 Å². The number of rotatable bonds is 5. The van der Waals surface area contributed by atoms with Gasteiger partial charge in [-0.05, 0) is 35.2 Å². The highest BCUT2D eigenvalue weighted by Gasteiger charge is 2.34. The normalized spacial score (nSPS) is 17.1. The van der Waals surface area contributed by atoms with Crippen LogP contribution < -0.4 is 0 Å². The molecule has 0 aliphatic carbocycles. The van der Waals surface area contributed by atoms with Crippen LogP contribution in [-0.4, -0.2) is 22.6 Å². The number of aromatic nitrogens is 1. The van der Waals surface area contributed by atoms with E-state index in [9.17, 15) is 4.91 Å². The quantitative estimate of drug-likeness (QED) is 0.607. The summed E-state index contributed by atoms with van der Waals surface area (Å²) in [5.74, 6) is 0.361. The molecule has 0 radical (unpaired) electrons. The van der Waals surface area contributed by atoms with Crippen molar-refractivity contribution in [1.82, 2.24) is 9.47 Å². The predicted molar refractivity (Wildman–Crippen MR) is 108 cm³/mol. The van der Waals surface area contributed by atoms with Crippen molar-refractivity contribution in [2.24, 2.45) is 11.1 Å². The van der Waals surface area contributed by atoms with Gasteiger partial charge in [0.2, 0.25) is 0 Å². The third kappa shape index (κ3) is 2.85. The average Bonchev–Trinajstić information content (AvgIpc) is 3.07. The Hall–Kier alpha value is -2.88. The van der Waals surface area contributed by atoms with E-state index in [1.165, 1.54) is 22.0 Å². The molecule has 1 fully saturated rings. The minimum absolute atomic E-state index is 0.361. The number of benzene rings is 2. The maximum absolute atomic E-state index is 11.5.